The number of nitrogens with one attached hydrogen (secondary N) is 1. The highest BCUT2D eigenvalue weighted by atomic mass is 35.5. The topological polar surface area (TPSA) is 66.5 Å². The lowest BCUT2D eigenvalue weighted by Crippen LogP contribution is -2.42. The predicted molar refractivity (Wildman–Crippen MR) is 117 cm³/mol. The number of nitrogens with zero attached hydrogens (tertiary/aromatic N) is 1. The van der Waals surface area contributed by atoms with Gasteiger partial charge in [0.15, 0.2) is 0 Å². The molecule has 2 aromatic carbocycles. The smallest absolute Gasteiger partial charge is 0.264 e. The van der Waals surface area contributed by atoms with Gasteiger partial charge < -0.3 is 5.32 Å². The van der Waals surface area contributed by atoms with Gasteiger partial charge in [-0.2, -0.15) is 0 Å². The summed E-state index contributed by atoms with van der Waals surface area (Å²) in [5.74, 6) is 0.140. The molecule has 1 fully saturated rings. The average molecular weight is 435 g/mol. The van der Waals surface area contributed by atoms with Gasteiger partial charge in [-0.05, 0) is 49.9 Å². The summed E-state index contributed by atoms with van der Waals surface area (Å²) in [6.07, 6.45) is 5.84. The van der Waals surface area contributed by atoms with E-state index in [0.717, 1.165) is 22.7 Å². The fraction of sp³-hybridized carbons (Fsp3) is 0.409. The number of rotatable bonds is 7. The van der Waals surface area contributed by atoms with Crippen molar-refractivity contribution in [2.45, 2.75) is 43.9 Å². The molecule has 0 bridgehead atoms. The number of halogens is 1. The molecule has 5 nitrogen and oxygen atoms in total. The summed E-state index contributed by atoms with van der Waals surface area (Å²) in [4.78, 5) is 12.8. The Morgan fingerprint density at radius 3 is 2.38 bits per heavy atom. The predicted octanol–water partition coefficient (Wildman–Crippen LogP) is 4.54. The number of aryl methyl sites for hydroxylation is 1. The van der Waals surface area contributed by atoms with Crippen LogP contribution in [0.5, 0.6) is 0 Å². The molecular formula is C22H27ClN2O3S. The molecule has 1 N–H and O–H groups in total. The molecule has 0 spiro atoms. The van der Waals surface area contributed by atoms with E-state index >= 15 is 0 Å². The van der Waals surface area contributed by atoms with Crippen molar-refractivity contribution in [2.75, 3.05) is 17.4 Å². The third-order valence-corrected chi connectivity index (χ3v) is 7.42. The third kappa shape index (κ3) is 5.52. The number of hydrogen-bond acceptors (Lipinski definition) is 3. The molecule has 0 saturated heterocycles. The van der Waals surface area contributed by atoms with E-state index in [-0.39, 0.29) is 22.4 Å². The lowest BCUT2D eigenvalue weighted by atomic mass is 9.89. The Labute approximate surface area is 178 Å². The Hall–Kier alpha value is -2.05. The number of para-hydroxylation sites is 1. The molecule has 156 valence electrons. The van der Waals surface area contributed by atoms with Gasteiger partial charge in [-0.3, -0.25) is 9.10 Å². The van der Waals surface area contributed by atoms with Crippen molar-refractivity contribution < 1.29 is 13.2 Å². The van der Waals surface area contributed by atoms with Crippen LogP contribution in [0.3, 0.4) is 0 Å². The molecule has 0 atom stereocenters. The van der Waals surface area contributed by atoms with E-state index in [1.807, 2.05) is 6.92 Å². The Balaban J connectivity index is 1.82. The Kier molecular flexibility index (Phi) is 7.19. The van der Waals surface area contributed by atoms with Gasteiger partial charge in [0.2, 0.25) is 5.91 Å². The normalized spacial score (nSPS) is 15.1. The van der Waals surface area contributed by atoms with E-state index < -0.39 is 10.0 Å². The maximum atomic E-state index is 13.3. The summed E-state index contributed by atoms with van der Waals surface area (Å²) < 4.78 is 27.7. The lowest BCUT2D eigenvalue weighted by Gasteiger charge is -2.26. The van der Waals surface area contributed by atoms with Gasteiger partial charge in [0.05, 0.1) is 15.6 Å². The first-order valence-corrected chi connectivity index (χ1v) is 11.8. The summed E-state index contributed by atoms with van der Waals surface area (Å²) in [7, 11) is -3.94. The fourth-order valence-electron chi connectivity index (χ4n) is 3.63. The number of anilines is 1. The zero-order valence-corrected chi connectivity index (χ0v) is 18.2. The number of hydrogen-bond donors (Lipinski definition) is 1. The number of amides is 1. The number of carbonyl (C=O) groups excluding carboxylic acids is 1. The number of sulfonamides is 1. The molecule has 1 saturated carbocycles. The average Bonchev–Trinajstić information content (AvgIpc) is 2.72. The van der Waals surface area contributed by atoms with Crippen molar-refractivity contribution in [1.29, 1.82) is 0 Å². The minimum atomic E-state index is -3.94. The molecule has 0 aromatic heterocycles. The highest BCUT2D eigenvalue weighted by Crippen LogP contribution is 2.30. The highest BCUT2D eigenvalue weighted by Gasteiger charge is 2.28. The van der Waals surface area contributed by atoms with Crippen molar-refractivity contribution in [3.8, 4) is 0 Å². The molecule has 1 aliphatic carbocycles. The van der Waals surface area contributed by atoms with Crippen LogP contribution in [0.15, 0.2) is 53.4 Å². The van der Waals surface area contributed by atoms with Gasteiger partial charge in [0, 0.05) is 6.54 Å². The van der Waals surface area contributed by atoms with Crippen LogP contribution in [-0.2, 0) is 14.8 Å². The molecule has 0 unspecified atom stereocenters. The first kappa shape index (κ1) is 21.7. The van der Waals surface area contributed by atoms with Gasteiger partial charge in [-0.1, -0.05) is 60.7 Å². The Morgan fingerprint density at radius 1 is 1.07 bits per heavy atom. The summed E-state index contributed by atoms with van der Waals surface area (Å²) >= 11 is 6.28. The molecule has 29 heavy (non-hydrogen) atoms. The second-order valence-electron chi connectivity index (χ2n) is 7.58. The molecule has 3 rings (SSSR count). The molecule has 0 radical (unpaired) electrons. The quantitative estimate of drug-likeness (QED) is 0.695. The van der Waals surface area contributed by atoms with E-state index in [2.05, 4.69) is 5.32 Å². The van der Waals surface area contributed by atoms with Crippen LogP contribution in [0.25, 0.3) is 0 Å². The summed E-state index contributed by atoms with van der Waals surface area (Å²) in [6.45, 7) is 2.16. The third-order valence-electron chi connectivity index (χ3n) is 5.33. The Morgan fingerprint density at radius 2 is 1.72 bits per heavy atom. The van der Waals surface area contributed by atoms with E-state index in [1.165, 1.54) is 19.3 Å². The van der Waals surface area contributed by atoms with Crippen LogP contribution in [0.2, 0.25) is 5.02 Å². The van der Waals surface area contributed by atoms with Crippen LogP contribution >= 0.6 is 11.6 Å². The summed E-state index contributed by atoms with van der Waals surface area (Å²) in [5.41, 5.74) is 1.25. The van der Waals surface area contributed by atoms with Gasteiger partial charge in [-0.15, -0.1) is 0 Å². The van der Waals surface area contributed by atoms with E-state index in [9.17, 15) is 13.2 Å². The minimum Gasteiger partial charge on any atom is -0.354 e. The molecule has 1 aliphatic rings. The zero-order valence-electron chi connectivity index (χ0n) is 16.6. The van der Waals surface area contributed by atoms with Gasteiger partial charge >= 0.3 is 0 Å². The molecule has 2 aromatic rings. The largest absolute Gasteiger partial charge is 0.354 e. The SMILES string of the molecule is Cc1ccc(S(=O)(=O)N(CC(=O)NCC2CCCCC2)c2ccccc2Cl)cc1. The van der Waals surface area contributed by atoms with Gasteiger partial charge in [-0.25, -0.2) is 8.42 Å². The standard InChI is InChI=1S/C22H27ClN2O3S/c1-17-11-13-19(14-12-17)29(27,28)25(21-10-6-5-9-20(21)23)16-22(26)24-15-18-7-3-2-4-8-18/h5-6,9-14,18H,2-4,7-8,15-16H2,1H3,(H,24,26). The van der Waals surface area contributed by atoms with Crippen molar-refractivity contribution in [3.05, 3.63) is 59.1 Å². The molecule has 0 aliphatic heterocycles. The summed E-state index contributed by atoms with van der Waals surface area (Å²) in [6, 6.07) is 13.2. The van der Waals surface area contributed by atoms with E-state index in [1.54, 1.807) is 48.5 Å². The summed E-state index contributed by atoms with van der Waals surface area (Å²) in [5, 5.41) is 3.20. The minimum absolute atomic E-state index is 0.128. The molecular weight excluding hydrogens is 408 g/mol. The van der Waals surface area contributed by atoms with Crippen molar-refractivity contribution in [1.82, 2.24) is 5.32 Å². The zero-order chi connectivity index (χ0) is 20.9. The molecule has 7 heteroatoms. The second kappa shape index (κ2) is 9.63. The number of benzene rings is 2. The van der Waals surface area contributed by atoms with Crippen LogP contribution in [0.1, 0.15) is 37.7 Å². The monoisotopic (exact) mass is 434 g/mol. The van der Waals surface area contributed by atoms with Crippen LogP contribution in [0, 0.1) is 12.8 Å². The van der Waals surface area contributed by atoms with Gasteiger partial charge in [0.1, 0.15) is 6.54 Å². The maximum absolute atomic E-state index is 13.3. The van der Waals surface area contributed by atoms with Crippen LogP contribution in [-0.4, -0.2) is 27.4 Å². The van der Waals surface area contributed by atoms with Crippen LogP contribution in [0.4, 0.5) is 5.69 Å². The van der Waals surface area contributed by atoms with E-state index in [0.29, 0.717) is 18.2 Å². The van der Waals surface area contributed by atoms with Crippen molar-refractivity contribution in [3.63, 3.8) is 0 Å². The number of carbonyl (C=O) groups is 1. The first-order valence-electron chi connectivity index (χ1n) is 9.98. The van der Waals surface area contributed by atoms with E-state index in [4.69, 9.17) is 11.6 Å². The molecule has 0 heterocycles. The van der Waals surface area contributed by atoms with Crippen LogP contribution < -0.4 is 9.62 Å². The second-order valence-corrected chi connectivity index (χ2v) is 9.85. The van der Waals surface area contributed by atoms with Crippen molar-refractivity contribution in [2.24, 2.45) is 5.92 Å². The lowest BCUT2D eigenvalue weighted by molar-refractivity contribution is -0.119. The molecule has 1 amide bonds. The Bertz CT molecular complexity index is 939. The van der Waals surface area contributed by atoms with Gasteiger partial charge in [0.25, 0.3) is 10.0 Å². The van der Waals surface area contributed by atoms with Crippen molar-refractivity contribution >= 4 is 33.2 Å². The maximum Gasteiger partial charge on any atom is 0.264 e. The first-order chi connectivity index (χ1) is 13.9. The highest BCUT2D eigenvalue weighted by molar-refractivity contribution is 7.92. The fourth-order valence-corrected chi connectivity index (χ4v) is 5.35.